The normalized spacial score (nSPS) is 22.5. The molecule has 0 saturated carbocycles. The van der Waals surface area contributed by atoms with Crippen LogP contribution in [0.1, 0.15) is 53.4 Å². The Labute approximate surface area is 128 Å². The Morgan fingerprint density at radius 2 is 1.05 bits per heavy atom. The molecule has 0 N–H and O–H groups in total. The Bertz CT molecular complexity index is 354. The topological polar surface area (TPSA) is 40.6 Å². The first-order valence-electron chi connectivity index (χ1n) is 8.41. The van der Waals surface area contributed by atoms with E-state index in [1.165, 1.54) is 0 Å². The van der Waals surface area contributed by atoms with Gasteiger partial charge in [-0.3, -0.25) is 9.59 Å². The molecule has 2 aliphatic rings. The van der Waals surface area contributed by atoms with Gasteiger partial charge in [-0.2, -0.15) is 0 Å². The molecule has 0 aromatic carbocycles. The first-order chi connectivity index (χ1) is 9.82. The van der Waals surface area contributed by atoms with Gasteiger partial charge in [0.05, 0.1) is 0 Å². The minimum Gasteiger partial charge on any atom is -0.342 e. The zero-order valence-corrected chi connectivity index (χ0v) is 14.0. The summed E-state index contributed by atoms with van der Waals surface area (Å²) in [4.78, 5) is 29.3. The number of carbonyl (C=O) groups excluding carboxylic acids is 2. The van der Waals surface area contributed by atoms with E-state index in [0.29, 0.717) is 11.8 Å². The van der Waals surface area contributed by atoms with Crippen molar-refractivity contribution in [3.8, 4) is 0 Å². The predicted octanol–water partition coefficient (Wildman–Crippen LogP) is 2.53. The molecule has 0 aromatic rings. The molecular weight excluding hydrogens is 264 g/mol. The van der Waals surface area contributed by atoms with Crippen molar-refractivity contribution in [2.75, 3.05) is 26.2 Å². The molecule has 120 valence electrons. The van der Waals surface area contributed by atoms with Crippen molar-refractivity contribution in [2.24, 2.45) is 17.3 Å². The molecule has 0 aromatic heterocycles. The fourth-order valence-corrected chi connectivity index (χ4v) is 3.31. The van der Waals surface area contributed by atoms with Gasteiger partial charge < -0.3 is 9.80 Å². The highest BCUT2D eigenvalue weighted by Crippen LogP contribution is 2.28. The van der Waals surface area contributed by atoms with Crippen molar-refractivity contribution >= 4 is 11.8 Å². The monoisotopic (exact) mass is 294 g/mol. The van der Waals surface area contributed by atoms with Crippen LogP contribution >= 0.6 is 0 Å². The fraction of sp³-hybridized carbons (Fsp3) is 0.882. The Morgan fingerprint density at radius 3 is 1.33 bits per heavy atom. The van der Waals surface area contributed by atoms with Gasteiger partial charge in [-0.15, -0.1) is 0 Å². The molecule has 0 unspecified atom stereocenters. The Kier molecular flexibility index (Phi) is 4.95. The summed E-state index contributed by atoms with van der Waals surface area (Å²) in [5, 5.41) is 0. The lowest BCUT2D eigenvalue weighted by Gasteiger charge is -2.39. The second-order valence-corrected chi connectivity index (χ2v) is 7.57. The third-order valence-corrected chi connectivity index (χ3v) is 5.21. The summed E-state index contributed by atoms with van der Waals surface area (Å²) in [7, 11) is 0. The number of amides is 2. The van der Waals surface area contributed by atoms with Gasteiger partial charge in [0.25, 0.3) is 0 Å². The van der Waals surface area contributed by atoms with Gasteiger partial charge in [-0.05, 0) is 51.4 Å². The minimum absolute atomic E-state index is 0.0121. The molecule has 4 nitrogen and oxygen atoms in total. The summed E-state index contributed by atoms with van der Waals surface area (Å²) in [6, 6.07) is 0. The average Bonchev–Trinajstić information content (AvgIpc) is 2.47. The van der Waals surface area contributed by atoms with Crippen LogP contribution in [0.5, 0.6) is 0 Å². The Morgan fingerprint density at radius 1 is 0.762 bits per heavy atom. The lowest BCUT2D eigenvalue weighted by atomic mass is 9.86. The van der Waals surface area contributed by atoms with E-state index in [4.69, 9.17) is 0 Å². The maximum atomic E-state index is 12.8. The van der Waals surface area contributed by atoms with Crippen LogP contribution < -0.4 is 0 Å². The van der Waals surface area contributed by atoms with Gasteiger partial charge in [0.2, 0.25) is 11.8 Å². The average molecular weight is 294 g/mol. The summed E-state index contributed by atoms with van der Waals surface area (Å²) in [5.74, 6) is 1.41. The van der Waals surface area contributed by atoms with Crippen LogP contribution in [0.15, 0.2) is 0 Å². The van der Waals surface area contributed by atoms with Gasteiger partial charge in [0, 0.05) is 26.2 Å². The summed E-state index contributed by atoms with van der Waals surface area (Å²) in [5.41, 5.74) is -0.916. The lowest BCUT2D eigenvalue weighted by Crippen LogP contribution is -2.53. The third-order valence-electron chi connectivity index (χ3n) is 5.21. The minimum atomic E-state index is -0.916. The van der Waals surface area contributed by atoms with Crippen molar-refractivity contribution in [3.05, 3.63) is 0 Å². The maximum absolute atomic E-state index is 12.8. The number of hydrogen-bond donors (Lipinski definition) is 0. The highest BCUT2D eigenvalue weighted by molar-refractivity contribution is 6.04. The fourth-order valence-electron chi connectivity index (χ4n) is 3.31. The van der Waals surface area contributed by atoms with E-state index in [-0.39, 0.29) is 11.8 Å². The number of carbonyl (C=O) groups is 2. The standard InChI is InChI=1S/C17H30N2O2/c1-13-5-9-18(10-6-13)15(20)17(3,4)16(21)19-11-7-14(2)8-12-19/h13-14H,5-12H2,1-4H3. The van der Waals surface area contributed by atoms with Crippen LogP contribution in [0, 0.1) is 17.3 Å². The van der Waals surface area contributed by atoms with Crippen LogP contribution in [-0.2, 0) is 9.59 Å². The van der Waals surface area contributed by atoms with Crippen LogP contribution in [-0.4, -0.2) is 47.8 Å². The molecule has 2 amide bonds. The Hall–Kier alpha value is -1.06. The number of hydrogen-bond acceptors (Lipinski definition) is 2. The van der Waals surface area contributed by atoms with Crippen LogP contribution in [0.3, 0.4) is 0 Å². The van der Waals surface area contributed by atoms with Crippen molar-refractivity contribution in [1.29, 1.82) is 0 Å². The predicted molar refractivity (Wildman–Crippen MR) is 83.7 cm³/mol. The van der Waals surface area contributed by atoms with E-state index in [9.17, 15) is 9.59 Å². The number of likely N-dealkylation sites (tertiary alicyclic amines) is 2. The second kappa shape index (κ2) is 6.37. The zero-order chi connectivity index (χ0) is 15.6. The molecule has 0 radical (unpaired) electrons. The van der Waals surface area contributed by atoms with Gasteiger partial charge in [0.1, 0.15) is 5.41 Å². The SMILES string of the molecule is CC1CCN(C(=O)C(C)(C)C(=O)N2CCC(C)CC2)CC1. The van der Waals surface area contributed by atoms with Crippen molar-refractivity contribution < 1.29 is 9.59 Å². The van der Waals surface area contributed by atoms with Crippen LogP contribution in [0.25, 0.3) is 0 Å². The Balaban J connectivity index is 1.99. The van der Waals surface area contributed by atoms with Crippen molar-refractivity contribution in [1.82, 2.24) is 9.80 Å². The molecule has 2 fully saturated rings. The highest BCUT2D eigenvalue weighted by Gasteiger charge is 2.42. The molecule has 0 aliphatic carbocycles. The molecule has 4 heteroatoms. The van der Waals surface area contributed by atoms with E-state index in [2.05, 4.69) is 13.8 Å². The highest BCUT2D eigenvalue weighted by atomic mass is 16.2. The molecule has 2 heterocycles. The number of nitrogens with zero attached hydrogens (tertiary/aromatic N) is 2. The summed E-state index contributed by atoms with van der Waals surface area (Å²) >= 11 is 0. The zero-order valence-electron chi connectivity index (χ0n) is 14.0. The van der Waals surface area contributed by atoms with E-state index >= 15 is 0 Å². The third kappa shape index (κ3) is 3.58. The van der Waals surface area contributed by atoms with E-state index < -0.39 is 5.41 Å². The van der Waals surface area contributed by atoms with Crippen LogP contribution in [0.4, 0.5) is 0 Å². The summed E-state index contributed by atoms with van der Waals surface area (Å²) in [6.07, 6.45) is 4.21. The van der Waals surface area contributed by atoms with Gasteiger partial charge >= 0.3 is 0 Å². The van der Waals surface area contributed by atoms with E-state index in [1.54, 1.807) is 13.8 Å². The maximum Gasteiger partial charge on any atom is 0.237 e. The van der Waals surface area contributed by atoms with Crippen LogP contribution in [0.2, 0.25) is 0 Å². The van der Waals surface area contributed by atoms with E-state index in [1.807, 2.05) is 9.80 Å². The van der Waals surface area contributed by atoms with Gasteiger partial charge in [-0.25, -0.2) is 0 Å². The molecule has 0 spiro atoms. The van der Waals surface area contributed by atoms with Gasteiger partial charge in [0.15, 0.2) is 0 Å². The summed E-state index contributed by atoms with van der Waals surface area (Å²) in [6.45, 7) is 11.3. The molecule has 21 heavy (non-hydrogen) atoms. The number of piperidine rings is 2. The first kappa shape index (κ1) is 16.3. The smallest absolute Gasteiger partial charge is 0.237 e. The number of rotatable bonds is 2. The van der Waals surface area contributed by atoms with E-state index in [0.717, 1.165) is 51.9 Å². The quantitative estimate of drug-likeness (QED) is 0.734. The molecule has 2 rings (SSSR count). The first-order valence-corrected chi connectivity index (χ1v) is 8.41. The molecule has 2 aliphatic heterocycles. The molecule has 2 saturated heterocycles. The second-order valence-electron chi connectivity index (χ2n) is 7.57. The van der Waals surface area contributed by atoms with Crippen molar-refractivity contribution in [3.63, 3.8) is 0 Å². The van der Waals surface area contributed by atoms with Gasteiger partial charge in [-0.1, -0.05) is 13.8 Å². The van der Waals surface area contributed by atoms with Crippen molar-refractivity contribution in [2.45, 2.75) is 53.4 Å². The molecular formula is C17H30N2O2. The summed E-state index contributed by atoms with van der Waals surface area (Å²) < 4.78 is 0. The lowest BCUT2D eigenvalue weighted by molar-refractivity contribution is -0.155. The molecule has 0 atom stereocenters. The largest absolute Gasteiger partial charge is 0.342 e. The molecule has 0 bridgehead atoms.